The first-order chi connectivity index (χ1) is 8.10. The molecule has 0 aromatic heterocycles. The van der Waals surface area contributed by atoms with Crippen LogP contribution in [0.15, 0.2) is 24.3 Å². The molecule has 3 heteroatoms. The van der Waals surface area contributed by atoms with Gasteiger partial charge in [0.25, 0.3) is 0 Å². The van der Waals surface area contributed by atoms with Crippen molar-refractivity contribution in [1.29, 1.82) is 0 Å². The van der Waals surface area contributed by atoms with Gasteiger partial charge < -0.3 is 9.84 Å². The summed E-state index contributed by atoms with van der Waals surface area (Å²) < 4.78 is 5.50. The third-order valence-corrected chi connectivity index (χ3v) is 3.06. The predicted molar refractivity (Wildman–Crippen MR) is 67.1 cm³/mol. The molecule has 17 heavy (non-hydrogen) atoms. The van der Waals surface area contributed by atoms with Gasteiger partial charge in [-0.1, -0.05) is 38.1 Å². The molecule has 0 saturated carbocycles. The smallest absolute Gasteiger partial charge is 0.340 e. The van der Waals surface area contributed by atoms with Crippen molar-refractivity contribution in [2.45, 2.75) is 39.2 Å². The summed E-state index contributed by atoms with van der Waals surface area (Å²) >= 11 is 0. The number of rotatable bonds is 6. The molecule has 0 amide bonds. The average Bonchev–Trinajstić information content (AvgIpc) is 2.36. The van der Waals surface area contributed by atoms with Crippen molar-refractivity contribution in [2.24, 2.45) is 0 Å². The minimum Gasteiger partial charge on any atom is -0.479 e. The van der Waals surface area contributed by atoms with Crippen LogP contribution in [0.3, 0.4) is 0 Å². The van der Waals surface area contributed by atoms with Crippen LogP contribution in [0.5, 0.6) is 0 Å². The van der Waals surface area contributed by atoms with Crippen LogP contribution in [0.1, 0.15) is 38.3 Å². The van der Waals surface area contributed by atoms with Crippen LogP contribution in [0.2, 0.25) is 0 Å². The number of carbonyl (C=O) groups is 1. The SMILES string of the molecule is CCOC(CC)(C(=O)O)c1ccc(CC)cc1. The molecule has 0 aliphatic rings. The van der Waals surface area contributed by atoms with Gasteiger partial charge in [0, 0.05) is 6.61 Å². The molecule has 1 N–H and O–H groups in total. The van der Waals surface area contributed by atoms with Gasteiger partial charge in [-0.05, 0) is 30.9 Å². The third-order valence-electron chi connectivity index (χ3n) is 3.06. The molecule has 0 spiro atoms. The molecular formula is C14H20O3. The van der Waals surface area contributed by atoms with Crippen LogP contribution in [-0.4, -0.2) is 17.7 Å². The Bertz CT molecular complexity index is 370. The highest BCUT2D eigenvalue weighted by Gasteiger charge is 2.39. The van der Waals surface area contributed by atoms with Crippen LogP contribution >= 0.6 is 0 Å². The Morgan fingerprint density at radius 2 is 1.82 bits per heavy atom. The Morgan fingerprint density at radius 1 is 1.24 bits per heavy atom. The van der Waals surface area contributed by atoms with E-state index < -0.39 is 11.6 Å². The van der Waals surface area contributed by atoms with Crippen molar-refractivity contribution in [2.75, 3.05) is 6.61 Å². The van der Waals surface area contributed by atoms with Crippen LogP contribution in [-0.2, 0) is 21.6 Å². The topological polar surface area (TPSA) is 46.5 Å². The Balaban J connectivity index is 3.15. The Labute approximate surface area is 102 Å². The zero-order valence-corrected chi connectivity index (χ0v) is 10.7. The lowest BCUT2D eigenvalue weighted by Gasteiger charge is -2.28. The van der Waals surface area contributed by atoms with Gasteiger partial charge in [-0.3, -0.25) is 0 Å². The molecule has 1 unspecified atom stereocenters. The lowest BCUT2D eigenvalue weighted by molar-refractivity contribution is -0.167. The molecule has 0 aliphatic heterocycles. The van der Waals surface area contributed by atoms with Crippen molar-refractivity contribution in [3.05, 3.63) is 35.4 Å². The summed E-state index contributed by atoms with van der Waals surface area (Å²) in [6.45, 7) is 6.10. The Morgan fingerprint density at radius 3 is 2.18 bits per heavy atom. The van der Waals surface area contributed by atoms with Gasteiger partial charge in [0.1, 0.15) is 0 Å². The fraction of sp³-hybridized carbons (Fsp3) is 0.500. The second kappa shape index (κ2) is 5.82. The number of aryl methyl sites for hydroxylation is 1. The molecule has 1 atom stereocenters. The molecule has 1 rings (SSSR count). The number of hydrogen-bond donors (Lipinski definition) is 1. The van der Waals surface area contributed by atoms with E-state index in [4.69, 9.17) is 4.74 Å². The summed E-state index contributed by atoms with van der Waals surface area (Å²) in [6, 6.07) is 7.63. The quantitative estimate of drug-likeness (QED) is 0.826. The fourth-order valence-corrected chi connectivity index (χ4v) is 1.98. The first-order valence-electron chi connectivity index (χ1n) is 6.07. The second-order valence-electron chi connectivity index (χ2n) is 3.97. The summed E-state index contributed by atoms with van der Waals surface area (Å²) in [5.41, 5.74) is 0.702. The van der Waals surface area contributed by atoms with Crippen molar-refractivity contribution in [3.63, 3.8) is 0 Å². The molecule has 94 valence electrons. The van der Waals surface area contributed by atoms with Gasteiger partial charge in [0.2, 0.25) is 0 Å². The van der Waals surface area contributed by atoms with Crippen LogP contribution in [0.25, 0.3) is 0 Å². The van der Waals surface area contributed by atoms with Gasteiger partial charge in [0.05, 0.1) is 0 Å². The summed E-state index contributed by atoms with van der Waals surface area (Å²) in [5.74, 6) is -0.925. The number of aliphatic carboxylic acids is 1. The van der Waals surface area contributed by atoms with E-state index >= 15 is 0 Å². The minimum atomic E-state index is -1.21. The van der Waals surface area contributed by atoms with Crippen molar-refractivity contribution < 1.29 is 14.6 Å². The molecule has 0 aliphatic carbocycles. The van der Waals surface area contributed by atoms with E-state index in [-0.39, 0.29) is 0 Å². The van der Waals surface area contributed by atoms with E-state index in [1.165, 1.54) is 5.56 Å². The van der Waals surface area contributed by atoms with Gasteiger partial charge in [0.15, 0.2) is 5.60 Å². The fourth-order valence-electron chi connectivity index (χ4n) is 1.98. The summed E-state index contributed by atoms with van der Waals surface area (Å²) in [4.78, 5) is 11.5. The molecule has 0 fully saturated rings. The maximum Gasteiger partial charge on any atom is 0.340 e. The molecule has 0 heterocycles. The molecular weight excluding hydrogens is 216 g/mol. The highest BCUT2D eigenvalue weighted by Crippen LogP contribution is 2.30. The molecule has 1 aromatic rings. The zero-order valence-electron chi connectivity index (χ0n) is 10.7. The lowest BCUT2D eigenvalue weighted by Crippen LogP contribution is -2.38. The monoisotopic (exact) mass is 236 g/mol. The average molecular weight is 236 g/mol. The number of carboxylic acid groups (broad SMARTS) is 1. The van der Waals surface area contributed by atoms with Gasteiger partial charge >= 0.3 is 5.97 Å². The predicted octanol–water partition coefficient (Wildman–Crippen LogP) is 2.98. The summed E-state index contributed by atoms with van der Waals surface area (Å²) in [7, 11) is 0. The van der Waals surface area contributed by atoms with Crippen molar-refractivity contribution in [3.8, 4) is 0 Å². The second-order valence-corrected chi connectivity index (χ2v) is 3.97. The van der Waals surface area contributed by atoms with Gasteiger partial charge in [-0.15, -0.1) is 0 Å². The van der Waals surface area contributed by atoms with Crippen LogP contribution in [0, 0.1) is 0 Å². The van der Waals surface area contributed by atoms with E-state index in [1.807, 2.05) is 38.1 Å². The standard InChI is InChI=1S/C14H20O3/c1-4-11-7-9-12(10-8-11)14(5-2,13(15)16)17-6-3/h7-10H,4-6H2,1-3H3,(H,15,16). The Hall–Kier alpha value is -1.35. The van der Waals surface area contributed by atoms with Crippen LogP contribution < -0.4 is 0 Å². The molecule has 0 radical (unpaired) electrons. The third kappa shape index (κ3) is 2.67. The van der Waals surface area contributed by atoms with E-state index in [0.717, 1.165) is 6.42 Å². The number of carboxylic acids is 1. The largest absolute Gasteiger partial charge is 0.479 e. The summed E-state index contributed by atoms with van der Waals surface area (Å²) in [5, 5.41) is 9.41. The van der Waals surface area contributed by atoms with Crippen molar-refractivity contribution >= 4 is 5.97 Å². The molecule has 0 saturated heterocycles. The molecule has 3 nitrogen and oxygen atoms in total. The normalized spacial score (nSPS) is 14.3. The Kier molecular flexibility index (Phi) is 4.70. The van der Waals surface area contributed by atoms with E-state index in [0.29, 0.717) is 18.6 Å². The van der Waals surface area contributed by atoms with Gasteiger partial charge in [-0.2, -0.15) is 0 Å². The highest BCUT2D eigenvalue weighted by molar-refractivity contribution is 5.79. The minimum absolute atomic E-state index is 0.385. The first kappa shape index (κ1) is 13.7. The first-order valence-corrected chi connectivity index (χ1v) is 6.07. The van der Waals surface area contributed by atoms with Crippen LogP contribution in [0.4, 0.5) is 0 Å². The summed E-state index contributed by atoms with van der Waals surface area (Å²) in [6.07, 6.45) is 1.36. The number of benzene rings is 1. The number of hydrogen-bond acceptors (Lipinski definition) is 2. The van der Waals surface area contributed by atoms with E-state index in [2.05, 4.69) is 6.92 Å². The number of ether oxygens (including phenoxy) is 1. The lowest BCUT2D eigenvalue weighted by atomic mass is 9.90. The highest BCUT2D eigenvalue weighted by atomic mass is 16.5. The molecule has 1 aromatic carbocycles. The maximum atomic E-state index is 11.5. The zero-order chi connectivity index (χ0) is 12.9. The van der Waals surface area contributed by atoms with E-state index in [1.54, 1.807) is 0 Å². The molecule has 0 bridgehead atoms. The van der Waals surface area contributed by atoms with Gasteiger partial charge in [-0.25, -0.2) is 4.79 Å². The van der Waals surface area contributed by atoms with Crippen molar-refractivity contribution in [1.82, 2.24) is 0 Å². The maximum absolute atomic E-state index is 11.5. The van der Waals surface area contributed by atoms with E-state index in [9.17, 15) is 9.90 Å².